The fourth-order valence-electron chi connectivity index (χ4n) is 4.23. The van der Waals surface area contributed by atoms with Crippen LogP contribution in [0.5, 0.6) is 0 Å². The molecule has 0 aliphatic heterocycles. The van der Waals surface area contributed by atoms with Gasteiger partial charge in [0, 0.05) is 24.2 Å². The number of allylic oxidation sites excluding steroid dienone is 3. The van der Waals surface area contributed by atoms with Crippen molar-refractivity contribution in [2.45, 2.75) is 85.6 Å². The summed E-state index contributed by atoms with van der Waals surface area (Å²) in [7, 11) is 1.99. The summed E-state index contributed by atoms with van der Waals surface area (Å²) in [5.74, 6) is 0.728. The molecule has 0 fully saturated rings. The van der Waals surface area contributed by atoms with Gasteiger partial charge in [0.05, 0.1) is 0 Å². The molecule has 2 atom stereocenters. The minimum atomic E-state index is 0.0729. The average Bonchev–Trinajstić information content (AvgIpc) is 2.81. The number of carbonyl (C=O) groups is 1. The van der Waals surface area contributed by atoms with Crippen molar-refractivity contribution in [2.24, 2.45) is 17.6 Å². The highest BCUT2D eigenvalue weighted by atomic mass is 16.1. The molecule has 1 amide bonds. The fourth-order valence-corrected chi connectivity index (χ4v) is 4.23. The highest BCUT2D eigenvalue weighted by Crippen LogP contribution is 2.26. The number of likely N-dealkylation sites (N-methyl/N-ethyl adjacent to an activating group) is 1. The van der Waals surface area contributed by atoms with Crippen LogP contribution in [0.1, 0.15) is 85.1 Å². The fraction of sp³-hybridized carbons (Fsp3) is 0.567. The Morgan fingerprint density at radius 1 is 1.00 bits per heavy atom. The van der Waals surface area contributed by atoms with Crippen molar-refractivity contribution in [1.82, 2.24) is 5.32 Å². The molecule has 0 spiro atoms. The molecule has 4 heteroatoms. The number of carbonyl (C=O) groups excluding carboxylic acids is 1. The Kier molecular flexibility index (Phi) is 15.2. The van der Waals surface area contributed by atoms with Crippen molar-refractivity contribution >= 4 is 17.7 Å². The Hall–Kier alpha value is -2.17. The van der Waals surface area contributed by atoms with Crippen LogP contribution in [-0.4, -0.2) is 25.5 Å². The van der Waals surface area contributed by atoms with E-state index >= 15 is 0 Å². The largest absolute Gasteiger partial charge is 0.328 e. The molecule has 0 saturated heterocycles. The molecule has 0 aromatic heterocycles. The summed E-state index contributed by atoms with van der Waals surface area (Å²) in [6.07, 6.45) is 16.4. The highest BCUT2D eigenvalue weighted by molar-refractivity contribution is 5.92. The topological polar surface area (TPSA) is 67.2 Å². The van der Waals surface area contributed by atoms with Gasteiger partial charge in [-0.05, 0) is 87.3 Å². The van der Waals surface area contributed by atoms with E-state index in [1.54, 1.807) is 0 Å². The normalized spacial score (nSPS) is 14.6. The third kappa shape index (κ3) is 11.3. The summed E-state index contributed by atoms with van der Waals surface area (Å²) in [6, 6.07) is 8.32. The first-order chi connectivity index (χ1) is 16.4. The summed E-state index contributed by atoms with van der Waals surface area (Å²) < 4.78 is 0. The quantitative estimate of drug-likeness (QED) is 0.227. The molecule has 34 heavy (non-hydrogen) atoms. The lowest BCUT2D eigenvalue weighted by molar-refractivity contribution is -0.120. The maximum Gasteiger partial charge on any atom is 0.227 e. The van der Waals surface area contributed by atoms with Crippen LogP contribution in [0.4, 0.5) is 5.69 Å². The third-order valence-electron chi connectivity index (χ3n) is 6.28. The molecule has 1 rings (SSSR count). The maximum atomic E-state index is 12.3. The van der Waals surface area contributed by atoms with E-state index in [4.69, 9.17) is 5.73 Å². The molecular weight excluding hydrogens is 418 g/mol. The summed E-state index contributed by atoms with van der Waals surface area (Å²) in [5.41, 5.74) is 10.7. The molecular formula is C30H49N3O. The van der Waals surface area contributed by atoms with Gasteiger partial charge in [-0.25, -0.2) is 0 Å². The second-order valence-corrected chi connectivity index (χ2v) is 9.36. The molecule has 0 radical (unpaired) electrons. The lowest BCUT2D eigenvalue weighted by Crippen LogP contribution is -2.21. The minimum Gasteiger partial charge on any atom is -0.328 e. The molecule has 0 heterocycles. The van der Waals surface area contributed by atoms with Crippen LogP contribution in [0.2, 0.25) is 0 Å². The molecule has 1 aromatic carbocycles. The van der Waals surface area contributed by atoms with Gasteiger partial charge in [-0.15, -0.1) is 0 Å². The van der Waals surface area contributed by atoms with Crippen molar-refractivity contribution in [3.8, 4) is 0 Å². The van der Waals surface area contributed by atoms with Crippen LogP contribution in [0.25, 0.3) is 6.08 Å². The van der Waals surface area contributed by atoms with Gasteiger partial charge >= 0.3 is 0 Å². The SMILES string of the molecule is CC\C=C(/C=C(/C=C/c1ccc(NC(=O)C(CC)CC)cc1)CNC)C(CCC)CCC(C)N. The van der Waals surface area contributed by atoms with Crippen molar-refractivity contribution in [3.05, 3.63) is 59.2 Å². The number of amides is 1. The van der Waals surface area contributed by atoms with Crippen LogP contribution < -0.4 is 16.4 Å². The Morgan fingerprint density at radius 3 is 2.21 bits per heavy atom. The Balaban J connectivity index is 3.02. The van der Waals surface area contributed by atoms with Gasteiger partial charge in [-0.3, -0.25) is 4.79 Å². The average molecular weight is 468 g/mol. The number of benzene rings is 1. The van der Waals surface area contributed by atoms with E-state index in [2.05, 4.69) is 81.7 Å². The van der Waals surface area contributed by atoms with E-state index in [0.717, 1.165) is 49.9 Å². The zero-order valence-corrected chi connectivity index (χ0v) is 22.5. The summed E-state index contributed by atoms with van der Waals surface area (Å²) in [6.45, 7) is 11.5. The van der Waals surface area contributed by atoms with E-state index in [1.807, 2.05) is 19.2 Å². The Morgan fingerprint density at radius 2 is 1.68 bits per heavy atom. The predicted octanol–water partition coefficient (Wildman–Crippen LogP) is 7.10. The Labute approximate surface area is 209 Å². The van der Waals surface area contributed by atoms with Gasteiger partial charge in [0.25, 0.3) is 0 Å². The second kappa shape index (κ2) is 17.3. The van der Waals surface area contributed by atoms with Crippen LogP contribution in [0.3, 0.4) is 0 Å². The molecule has 0 aliphatic carbocycles. The smallest absolute Gasteiger partial charge is 0.227 e. The second-order valence-electron chi connectivity index (χ2n) is 9.36. The molecule has 1 aromatic rings. The van der Waals surface area contributed by atoms with Crippen LogP contribution in [-0.2, 0) is 4.79 Å². The minimum absolute atomic E-state index is 0.0729. The van der Waals surface area contributed by atoms with Crippen molar-refractivity contribution in [1.29, 1.82) is 0 Å². The van der Waals surface area contributed by atoms with Crippen molar-refractivity contribution in [2.75, 3.05) is 18.9 Å². The molecule has 4 N–H and O–H groups in total. The van der Waals surface area contributed by atoms with E-state index in [0.29, 0.717) is 5.92 Å². The van der Waals surface area contributed by atoms with E-state index in [1.165, 1.54) is 24.0 Å². The van der Waals surface area contributed by atoms with Crippen LogP contribution >= 0.6 is 0 Å². The van der Waals surface area contributed by atoms with E-state index in [-0.39, 0.29) is 17.9 Å². The zero-order chi connectivity index (χ0) is 25.3. The summed E-state index contributed by atoms with van der Waals surface area (Å²) in [5, 5.41) is 6.35. The number of hydrogen-bond acceptors (Lipinski definition) is 3. The van der Waals surface area contributed by atoms with Crippen molar-refractivity contribution < 1.29 is 4.79 Å². The van der Waals surface area contributed by atoms with Gasteiger partial charge in [0.15, 0.2) is 0 Å². The lowest BCUT2D eigenvalue weighted by atomic mass is 9.87. The van der Waals surface area contributed by atoms with Gasteiger partial charge in [0.1, 0.15) is 0 Å². The molecule has 0 saturated carbocycles. The van der Waals surface area contributed by atoms with E-state index < -0.39 is 0 Å². The molecule has 0 bridgehead atoms. The third-order valence-corrected chi connectivity index (χ3v) is 6.28. The first kappa shape index (κ1) is 29.9. The molecule has 4 nitrogen and oxygen atoms in total. The first-order valence-electron chi connectivity index (χ1n) is 13.3. The summed E-state index contributed by atoms with van der Waals surface area (Å²) >= 11 is 0. The number of nitrogens with one attached hydrogen (secondary N) is 2. The molecule has 2 unspecified atom stereocenters. The van der Waals surface area contributed by atoms with Gasteiger partial charge < -0.3 is 16.4 Å². The van der Waals surface area contributed by atoms with Crippen molar-refractivity contribution in [3.63, 3.8) is 0 Å². The zero-order valence-electron chi connectivity index (χ0n) is 22.5. The standard InChI is InChI=1S/C30H49N3O/c1-7-11-27(18-13-23(5)31)28(12-8-2)21-25(22-32-6)15-14-24-16-19-29(20-17-24)33-30(34)26(9-3)10-4/h12,14-17,19-21,23,26-27,32H,7-11,13,18,22,31H2,1-6H3,(H,33,34)/b15-14+,25-21-,28-12+. The monoisotopic (exact) mass is 467 g/mol. The van der Waals surface area contributed by atoms with E-state index in [9.17, 15) is 4.79 Å². The Bertz CT molecular complexity index is 786. The first-order valence-corrected chi connectivity index (χ1v) is 13.3. The van der Waals surface area contributed by atoms with Gasteiger partial charge in [0.2, 0.25) is 5.91 Å². The number of rotatable bonds is 16. The number of nitrogens with two attached hydrogens (primary N) is 1. The highest BCUT2D eigenvalue weighted by Gasteiger charge is 2.14. The van der Waals surface area contributed by atoms with Crippen LogP contribution in [0.15, 0.2) is 53.6 Å². The summed E-state index contributed by atoms with van der Waals surface area (Å²) in [4.78, 5) is 12.3. The lowest BCUT2D eigenvalue weighted by Gasteiger charge is -2.20. The van der Waals surface area contributed by atoms with Gasteiger partial charge in [-0.1, -0.05) is 70.6 Å². The number of anilines is 1. The maximum absolute atomic E-state index is 12.3. The van der Waals surface area contributed by atoms with Crippen LogP contribution in [0, 0.1) is 11.8 Å². The van der Waals surface area contributed by atoms with Gasteiger partial charge in [-0.2, -0.15) is 0 Å². The molecule has 0 aliphatic rings. The number of hydrogen-bond donors (Lipinski definition) is 3. The predicted molar refractivity (Wildman–Crippen MR) is 150 cm³/mol. The molecule has 190 valence electrons.